The van der Waals surface area contributed by atoms with Crippen molar-refractivity contribution in [1.82, 2.24) is 5.73 Å². The van der Waals surface area contributed by atoms with Gasteiger partial charge in [0.1, 0.15) is 0 Å². The molecule has 0 aliphatic carbocycles. The Morgan fingerprint density at radius 3 is 2.00 bits per heavy atom. The summed E-state index contributed by atoms with van der Waals surface area (Å²) in [5.41, 5.74) is 9.40. The van der Waals surface area contributed by atoms with Crippen molar-refractivity contribution in [3.63, 3.8) is 0 Å². The third-order valence-electron chi connectivity index (χ3n) is 1.48. The van der Waals surface area contributed by atoms with E-state index in [1.807, 2.05) is 19.9 Å². The van der Waals surface area contributed by atoms with E-state index in [1.54, 1.807) is 12.1 Å². The van der Waals surface area contributed by atoms with Crippen molar-refractivity contribution < 1.29 is 4.79 Å². The Labute approximate surface area is 66.0 Å². The van der Waals surface area contributed by atoms with E-state index >= 15 is 0 Å². The van der Waals surface area contributed by atoms with Gasteiger partial charge < -0.3 is 0 Å². The average Bonchev–Trinajstić information content (AvgIpc) is 1.85. The Morgan fingerprint density at radius 2 is 1.64 bits per heavy atom. The number of aryl methyl sites for hydroxylation is 2. The van der Waals surface area contributed by atoms with Gasteiger partial charge in [0.25, 0.3) is 5.91 Å². The molecule has 0 spiro atoms. The average molecular weight is 148 g/mol. The zero-order valence-electron chi connectivity index (χ0n) is 6.64. The number of amides is 1. The van der Waals surface area contributed by atoms with Gasteiger partial charge in [-0.1, -0.05) is 17.2 Å². The Kier molecular flexibility index (Phi) is 1.94. The van der Waals surface area contributed by atoms with E-state index in [4.69, 9.17) is 5.73 Å². The van der Waals surface area contributed by atoms with Crippen molar-refractivity contribution in [2.45, 2.75) is 13.8 Å². The monoisotopic (exact) mass is 148 g/mol. The first-order valence-electron chi connectivity index (χ1n) is 3.44. The summed E-state index contributed by atoms with van der Waals surface area (Å²) in [7, 11) is 0. The van der Waals surface area contributed by atoms with Crippen LogP contribution in [0.3, 0.4) is 0 Å². The molecule has 0 unspecified atom stereocenters. The predicted octanol–water partition coefficient (Wildman–Crippen LogP) is 1.73. The molecule has 0 aromatic heterocycles. The standard InChI is InChI=1S/C9H10NO/c1-6-3-7(2)5-8(4-6)9(10)11/h3-5,10H,1-2H3. The first-order valence-corrected chi connectivity index (χ1v) is 3.44. The predicted molar refractivity (Wildman–Crippen MR) is 43.3 cm³/mol. The van der Waals surface area contributed by atoms with Crippen LogP contribution in [-0.2, 0) is 0 Å². The van der Waals surface area contributed by atoms with Crippen LogP contribution in [-0.4, -0.2) is 5.91 Å². The normalized spacial score (nSPS) is 9.64. The van der Waals surface area contributed by atoms with Crippen molar-refractivity contribution >= 4 is 5.91 Å². The Hall–Kier alpha value is -1.31. The van der Waals surface area contributed by atoms with E-state index in [0.717, 1.165) is 11.1 Å². The second-order valence-electron chi connectivity index (χ2n) is 2.71. The lowest BCUT2D eigenvalue weighted by Gasteiger charge is -1.98. The summed E-state index contributed by atoms with van der Waals surface area (Å²) in [4.78, 5) is 10.6. The van der Waals surface area contributed by atoms with Crippen molar-refractivity contribution in [2.75, 3.05) is 0 Å². The molecule has 1 amide bonds. The molecular formula is C9H10NO. The summed E-state index contributed by atoms with van der Waals surface area (Å²) in [6.07, 6.45) is 0. The van der Waals surface area contributed by atoms with Crippen LogP contribution in [0.2, 0.25) is 0 Å². The molecule has 0 fully saturated rings. The number of hydrogen-bond acceptors (Lipinski definition) is 1. The van der Waals surface area contributed by atoms with Crippen LogP contribution in [0, 0.1) is 13.8 Å². The maximum Gasteiger partial charge on any atom is 0.269 e. The lowest BCUT2D eigenvalue weighted by Crippen LogP contribution is -1.99. The van der Waals surface area contributed by atoms with Crippen molar-refractivity contribution in [3.05, 3.63) is 34.9 Å². The van der Waals surface area contributed by atoms with E-state index in [9.17, 15) is 4.79 Å². The maximum absolute atomic E-state index is 10.6. The van der Waals surface area contributed by atoms with E-state index in [2.05, 4.69) is 0 Å². The number of rotatable bonds is 1. The van der Waals surface area contributed by atoms with Crippen LogP contribution in [0.5, 0.6) is 0 Å². The van der Waals surface area contributed by atoms with Crippen LogP contribution in [0.15, 0.2) is 18.2 Å². The fourth-order valence-electron chi connectivity index (χ4n) is 1.11. The van der Waals surface area contributed by atoms with Gasteiger partial charge in [0.15, 0.2) is 0 Å². The summed E-state index contributed by atoms with van der Waals surface area (Å²) in [6.45, 7) is 3.83. The van der Waals surface area contributed by atoms with E-state index < -0.39 is 5.91 Å². The molecule has 11 heavy (non-hydrogen) atoms. The van der Waals surface area contributed by atoms with Crippen LogP contribution in [0.4, 0.5) is 0 Å². The first-order chi connectivity index (χ1) is 5.09. The highest BCUT2D eigenvalue weighted by Crippen LogP contribution is 2.07. The molecule has 1 radical (unpaired) electrons. The van der Waals surface area contributed by atoms with Gasteiger partial charge >= 0.3 is 0 Å². The molecule has 1 aromatic carbocycles. The SMILES string of the molecule is Cc1cc(C)cc(C([NH])=O)c1. The quantitative estimate of drug-likeness (QED) is 0.597. The molecule has 0 saturated heterocycles. The lowest BCUT2D eigenvalue weighted by molar-refractivity contribution is 0.0992. The van der Waals surface area contributed by atoms with Gasteiger partial charge in [-0.05, 0) is 26.0 Å². The lowest BCUT2D eigenvalue weighted by atomic mass is 10.1. The van der Waals surface area contributed by atoms with E-state index in [-0.39, 0.29) is 0 Å². The summed E-state index contributed by atoms with van der Waals surface area (Å²) < 4.78 is 0. The van der Waals surface area contributed by atoms with Gasteiger partial charge in [-0.3, -0.25) is 10.5 Å². The Morgan fingerprint density at radius 1 is 1.18 bits per heavy atom. The third-order valence-corrected chi connectivity index (χ3v) is 1.48. The summed E-state index contributed by atoms with van der Waals surface area (Å²) in [5.74, 6) is -0.614. The molecule has 57 valence electrons. The molecule has 0 atom stereocenters. The van der Waals surface area contributed by atoms with Crippen LogP contribution in [0.25, 0.3) is 0 Å². The number of hydrogen-bond donors (Lipinski definition) is 0. The minimum absolute atomic E-state index is 0.475. The van der Waals surface area contributed by atoms with Gasteiger partial charge in [0.2, 0.25) is 0 Å². The van der Waals surface area contributed by atoms with Gasteiger partial charge in [0, 0.05) is 5.56 Å². The molecule has 0 bridgehead atoms. The number of nitrogens with one attached hydrogen (secondary N) is 1. The molecule has 2 heteroatoms. The smallest absolute Gasteiger partial charge is 0.267 e. The van der Waals surface area contributed by atoms with Gasteiger partial charge in [0.05, 0.1) is 0 Å². The van der Waals surface area contributed by atoms with Crippen molar-refractivity contribution in [1.29, 1.82) is 0 Å². The summed E-state index contributed by atoms with van der Waals surface area (Å²) >= 11 is 0. The van der Waals surface area contributed by atoms with Crippen molar-refractivity contribution in [2.24, 2.45) is 0 Å². The number of carbonyl (C=O) groups excluding carboxylic acids is 1. The zero-order chi connectivity index (χ0) is 8.43. The van der Waals surface area contributed by atoms with Gasteiger partial charge in [-0.25, -0.2) is 0 Å². The van der Waals surface area contributed by atoms with E-state index in [1.165, 1.54) is 0 Å². The molecule has 0 aliphatic heterocycles. The summed E-state index contributed by atoms with van der Waals surface area (Å²) in [6, 6.07) is 5.43. The Balaban J connectivity index is 3.19. The molecule has 2 nitrogen and oxygen atoms in total. The highest BCUT2D eigenvalue weighted by atomic mass is 16.1. The molecule has 0 aliphatic rings. The molecule has 1 rings (SSSR count). The fraction of sp³-hybridized carbons (Fsp3) is 0.222. The molecule has 1 N–H and O–H groups in total. The van der Waals surface area contributed by atoms with Crippen molar-refractivity contribution in [3.8, 4) is 0 Å². The zero-order valence-corrected chi connectivity index (χ0v) is 6.64. The van der Waals surface area contributed by atoms with E-state index in [0.29, 0.717) is 5.56 Å². The highest BCUT2D eigenvalue weighted by molar-refractivity contribution is 5.92. The number of carbonyl (C=O) groups is 1. The molecular weight excluding hydrogens is 138 g/mol. The minimum Gasteiger partial charge on any atom is -0.267 e. The highest BCUT2D eigenvalue weighted by Gasteiger charge is 2.00. The van der Waals surface area contributed by atoms with Gasteiger partial charge in [-0.15, -0.1) is 0 Å². The minimum atomic E-state index is -0.614. The van der Waals surface area contributed by atoms with Crippen LogP contribution in [0.1, 0.15) is 21.5 Å². The Bertz CT molecular complexity index is 271. The molecule has 0 saturated carbocycles. The number of benzene rings is 1. The maximum atomic E-state index is 10.6. The molecule has 0 heterocycles. The first kappa shape index (κ1) is 7.79. The second kappa shape index (κ2) is 2.74. The molecule has 1 aromatic rings. The largest absolute Gasteiger partial charge is 0.269 e. The van der Waals surface area contributed by atoms with Crippen LogP contribution < -0.4 is 5.73 Å². The fourth-order valence-corrected chi connectivity index (χ4v) is 1.11. The summed E-state index contributed by atoms with van der Waals surface area (Å²) in [5, 5.41) is 0. The second-order valence-corrected chi connectivity index (χ2v) is 2.71. The van der Waals surface area contributed by atoms with Gasteiger partial charge in [-0.2, -0.15) is 0 Å². The topological polar surface area (TPSA) is 40.9 Å². The third kappa shape index (κ3) is 1.80. The van der Waals surface area contributed by atoms with Crippen LogP contribution >= 0.6 is 0 Å².